The topological polar surface area (TPSA) is 30.2 Å². The average molecular weight is 400 g/mol. The molecule has 0 atom stereocenters. The van der Waals surface area contributed by atoms with Crippen molar-refractivity contribution in [1.29, 1.82) is 0 Å². The van der Waals surface area contributed by atoms with E-state index in [9.17, 15) is 4.79 Å². The molecule has 2 heterocycles. The lowest BCUT2D eigenvalue weighted by Gasteiger charge is -1.94. The number of hydrogen-bond donors (Lipinski definition) is 0. The molecule has 0 aliphatic rings. The molecule has 0 fully saturated rings. The van der Waals surface area contributed by atoms with Gasteiger partial charge in [0.05, 0.1) is 8.66 Å². The van der Waals surface area contributed by atoms with Crippen molar-refractivity contribution < 1.29 is 9.21 Å². The summed E-state index contributed by atoms with van der Waals surface area (Å²) in [6, 6.07) is 9.41. The molecule has 19 heavy (non-hydrogen) atoms. The summed E-state index contributed by atoms with van der Waals surface area (Å²) < 4.78 is 7.61. The van der Waals surface area contributed by atoms with Gasteiger partial charge in [0.2, 0.25) is 5.78 Å². The molecular formula is C14H8Br2O2S. The van der Waals surface area contributed by atoms with Crippen LogP contribution in [0.3, 0.4) is 0 Å². The molecule has 2 aromatic heterocycles. The first kappa shape index (κ1) is 13.1. The maximum absolute atomic E-state index is 12.4. The van der Waals surface area contributed by atoms with Gasteiger partial charge in [0.1, 0.15) is 5.58 Å². The second kappa shape index (κ2) is 4.89. The molecule has 0 bridgehead atoms. The Kier molecular flexibility index (Phi) is 3.37. The number of thiophene rings is 1. The number of benzene rings is 1. The molecule has 0 saturated heterocycles. The second-order valence-electron chi connectivity index (χ2n) is 4.13. The van der Waals surface area contributed by atoms with Crippen molar-refractivity contribution in [3.8, 4) is 0 Å². The second-order valence-corrected chi connectivity index (χ2v) is 7.51. The van der Waals surface area contributed by atoms with Gasteiger partial charge in [-0.05, 0) is 53.2 Å². The summed E-state index contributed by atoms with van der Waals surface area (Å²) in [6.45, 7) is 1.91. The van der Waals surface area contributed by atoms with Crippen molar-refractivity contribution in [3.63, 3.8) is 0 Å². The summed E-state index contributed by atoms with van der Waals surface area (Å²) in [4.78, 5) is 13.1. The summed E-state index contributed by atoms with van der Waals surface area (Å²) in [5.41, 5.74) is 1.62. The Morgan fingerprint density at radius 3 is 2.68 bits per heavy atom. The van der Waals surface area contributed by atoms with Crippen LogP contribution in [0.25, 0.3) is 11.0 Å². The van der Waals surface area contributed by atoms with E-state index in [4.69, 9.17) is 4.42 Å². The predicted molar refractivity (Wildman–Crippen MR) is 84.1 cm³/mol. The van der Waals surface area contributed by atoms with E-state index in [-0.39, 0.29) is 5.78 Å². The molecule has 2 nitrogen and oxygen atoms in total. The number of halogens is 2. The Bertz CT molecular complexity index is 786. The Labute approximate surface area is 130 Å². The van der Waals surface area contributed by atoms with E-state index >= 15 is 0 Å². The molecule has 3 rings (SSSR count). The van der Waals surface area contributed by atoms with Crippen LogP contribution in [-0.2, 0) is 0 Å². The molecule has 96 valence electrons. The van der Waals surface area contributed by atoms with Gasteiger partial charge in [0.25, 0.3) is 0 Å². The third kappa shape index (κ3) is 2.30. The fraction of sp³-hybridized carbons (Fsp3) is 0.0714. The summed E-state index contributed by atoms with van der Waals surface area (Å²) in [6.07, 6.45) is 0. The first-order valence-corrected chi connectivity index (χ1v) is 7.95. The smallest absolute Gasteiger partial charge is 0.238 e. The summed E-state index contributed by atoms with van der Waals surface area (Å²) >= 11 is 8.21. The lowest BCUT2D eigenvalue weighted by molar-refractivity contribution is 0.101. The minimum atomic E-state index is -0.0690. The number of ketones is 1. The van der Waals surface area contributed by atoms with Gasteiger partial charge >= 0.3 is 0 Å². The molecule has 0 spiro atoms. The fourth-order valence-corrected chi connectivity index (χ4v) is 3.64. The maximum atomic E-state index is 12.4. The molecular weight excluding hydrogens is 392 g/mol. The van der Waals surface area contributed by atoms with Gasteiger partial charge in [0.15, 0.2) is 5.76 Å². The van der Waals surface area contributed by atoms with Gasteiger partial charge < -0.3 is 4.42 Å². The molecule has 0 radical (unpaired) electrons. The largest absolute Gasteiger partial charge is 0.452 e. The minimum absolute atomic E-state index is 0.0690. The van der Waals surface area contributed by atoms with Gasteiger partial charge in [-0.25, -0.2) is 0 Å². The number of carbonyl (C=O) groups is 1. The number of furan rings is 1. The van der Waals surface area contributed by atoms with E-state index in [1.165, 1.54) is 11.3 Å². The molecule has 0 unspecified atom stereocenters. The average Bonchev–Trinajstić information content (AvgIpc) is 2.94. The lowest BCUT2D eigenvalue weighted by atomic mass is 10.1. The summed E-state index contributed by atoms with van der Waals surface area (Å²) in [7, 11) is 0. The molecule has 0 aliphatic carbocycles. The molecule has 0 aliphatic heterocycles. The zero-order valence-electron chi connectivity index (χ0n) is 9.87. The van der Waals surface area contributed by atoms with E-state index in [1.54, 1.807) is 6.07 Å². The Morgan fingerprint density at radius 2 is 2.00 bits per heavy atom. The Balaban J connectivity index is 2.15. The number of rotatable bonds is 2. The number of carbonyl (C=O) groups excluding carboxylic acids is 1. The zero-order valence-corrected chi connectivity index (χ0v) is 13.9. The van der Waals surface area contributed by atoms with Crippen LogP contribution in [0.1, 0.15) is 21.0 Å². The third-order valence-electron chi connectivity index (χ3n) is 2.90. The predicted octanol–water partition coefficient (Wildman–Crippen LogP) is 5.56. The van der Waals surface area contributed by atoms with Crippen LogP contribution in [0.2, 0.25) is 0 Å². The van der Waals surface area contributed by atoms with Gasteiger partial charge in [-0.3, -0.25) is 4.79 Å². The third-order valence-corrected chi connectivity index (χ3v) is 5.02. The van der Waals surface area contributed by atoms with Crippen molar-refractivity contribution in [3.05, 3.63) is 54.8 Å². The summed E-state index contributed by atoms with van der Waals surface area (Å²) in [5, 5.41) is 0.966. The highest BCUT2D eigenvalue weighted by Gasteiger charge is 2.20. The van der Waals surface area contributed by atoms with Crippen molar-refractivity contribution in [2.24, 2.45) is 0 Å². The van der Waals surface area contributed by atoms with Crippen LogP contribution in [0.5, 0.6) is 0 Å². The monoisotopic (exact) mass is 398 g/mol. The van der Waals surface area contributed by atoms with Crippen LogP contribution >= 0.6 is 43.2 Å². The number of fused-ring (bicyclic) bond motifs is 1. The molecule has 3 aromatic rings. The quantitative estimate of drug-likeness (QED) is 0.528. The van der Waals surface area contributed by atoms with E-state index < -0.39 is 0 Å². The molecule has 0 saturated carbocycles. The van der Waals surface area contributed by atoms with Gasteiger partial charge in [-0.2, -0.15) is 0 Å². The highest BCUT2D eigenvalue weighted by molar-refractivity contribution is 9.11. The molecule has 0 N–H and O–H groups in total. The highest BCUT2D eigenvalue weighted by Crippen LogP contribution is 2.31. The van der Waals surface area contributed by atoms with Crippen LogP contribution in [0, 0.1) is 6.92 Å². The molecule has 0 amide bonds. The zero-order chi connectivity index (χ0) is 13.6. The molecule has 1 aromatic carbocycles. The van der Waals surface area contributed by atoms with E-state index in [2.05, 4.69) is 31.9 Å². The van der Waals surface area contributed by atoms with Gasteiger partial charge in [-0.15, -0.1) is 11.3 Å². The van der Waals surface area contributed by atoms with E-state index in [0.717, 1.165) is 24.8 Å². The van der Waals surface area contributed by atoms with Crippen LogP contribution in [0.15, 0.2) is 43.0 Å². The lowest BCUT2D eigenvalue weighted by Crippen LogP contribution is -1.98. The van der Waals surface area contributed by atoms with Crippen molar-refractivity contribution in [2.75, 3.05) is 0 Å². The van der Waals surface area contributed by atoms with Crippen LogP contribution in [0.4, 0.5) is 0 Å². The van der Waals surface area contributed by atoms with E-state index in [1.807, 2.05) is 31.2 Å². The molecule has 5 heteroatoms. The Morgan fingerprint density at radius 1 is 1.21 bits per heavy atom. The fourth-order valence-electron chi connectivity index (χ4n) is 1.96. The van der Waals surface area contributed by atoms with Crippen molar-refractivity contribution >= 4 is 59.9 Å². The van der Waals surface area contributed by atoms with Gasteiger partial charge in [-0.1, -0.05) is 15.9 Å². The van der Waals surface area contributed by atoms with Crippen LogP contribution < -0.4 is 0 Å². The standard InChI is InChI=1S/C14H8Br2O2S/c1-7-9-6-8(15)2-3-10(9)18-14(7)13(17)11-4-5-12(16)19-11/h2-6H,1H3. The Hall–Kier alpha value is -0.910. The first-order chi connectivity index (χ1) is 9.06. The van der Waals surface area contributed by atoms with Crippen LogP contribution in [-0.4, -0.2) is 5.78 Å². The first-order valence-electron chi connectivity index (χ1n) is 5.55. The van der Waals surface area contributed by atoms with Gasteiger partial charge in [0, 0.05) is 15.4 Å². The highest BCUT2D eigenvalue weighted by atomic mass is 79.9. The van der Waals surface area contributed by atoms with Crippen molar-refractivity contribution in [1.82, 2.24) is 0 Å². The summed E-state index contributed by atoms with van der Waals surface area (Å²) in [5.74, 6) is 0.350. The van der Waals surface area contributed by atoms with E-state index in [0.29, 0.717) is 10.6 Å². The minimum Gasteiger partial charge on any atom is -0.452 e. The SMILES string of the molecule is Cc1c(C(=O)c2ccc(Br)s2)oc2ccc(Br)cc12. The maximum Gasteiger partial charge on any atom is 0.238 e. The van der Waals surface area contributed by atoms with Crippen molar-refractivity contribution in [2.45, 2.75) is 6.92 Å². The normalized spacial score (nSPS) is 11.1. The number of aryl methyl sites for hydroxylation is 1. The number of hydrogen-bond acceptors (Lipinski definition) is 3.